The lowest BCUT2D eigenvalue weighted by atomic mass is 9.93. The molecule has 2 aromatic rings. The molecular weight excluding hydrogens is 286 g/mol. The summed E-state index contributed by atoms with van der Waals surface area (Å²) in [5.41, 5.74) is 0.968. The minimum atomic E-state index is 0.147. The van der Waals surface area contributed by atoms with Gasteiger partial charge in [0.05, 0.1) is 5.69 Å². The van der Waals surface area contributed by atoms with E-state index in [4.69, 9.17) is 0 Å². The Morgan fingerprint density at radius 1 is 1.24 bits per heavy atom. The van der Waals surface area contributed by atoms with Gasteiger partial charge in [-0.2, -0.15) is 0 Å². The van der Waals surface area contributed by atoms with Crippen molar-refractivity contribution in [3.8, 4) is 0 Å². The van der Waals surface area contributed by atoms with Crippen LogP contribution in [-0.2, 0) is 4.79 Å². The molecule has 1 aliphatic rings. The fourth-order valence-electron chi connectivity index (χ4n) is 2.60. The zero-order valence-electron chi connectivity index (χ0n) is 11.8. The van der Waals surface area contributed by atoms with Crippen molar-refractivity contribution in [3.05, 3.63) is 29.7 Å². The van der Waals surface area contributed by atoms with E-state index in [9.17, 15) is 4.79 Å². The van der Waals surface area contributed by atoms with Crippen LogP contribution in [0.25, 0.3) is 0 Å². The maximum Gasteiger partial charge on any atom is 0.219 e. The number of nitrogens with zero attached hydrogens (tertiary/aromatic N) is 4. The quantitative estimate of drug-likeness (QED) is 0.942. The molecule has 3 rings (SSSR count). The van der Waals surface area contributed by atoms with E-state index in [1.165, 1.54) is 11.3 Å². The molecule has 1 saturated heterocycles. The predicted molar refractivity (Wildman–Crippen MR) is 81.7 cm³/mol. The lowest BCUT2D eigenvalue weighted by Crippen LogP contribution is -2.36. The number of hydrogen-bond acceptors (Lipinski definition) is 6. The number of piperidine rings is 1. The minimum Gasteiger partial charge on any atom is -0.343 e. The Bertz CT molecular complexity index is 608. The lowest BCUT2D eigenvalue weighted by molar-refractivity contribution is -0.129. The summed E-state index contributed by atoms with van der Waals surface area (Å²) in [4.78, 5) is 26.4. The third-order valence-electron chi connectivity index (χ3n) is 3.71. The molecule has 0 unspecified atom stereocenters. The summed E-state index contributed by atoms with van der Waals surface area (Å²) >= 11 is 1.53. The summed E-state index contributed by atoms with van der Waals surface area (Å²) in [7, 11) is 0. The average molecular weight is 303 g/mol. The molecule has 0 saturated carbocycles. The maximum atomic E-state index is 11.4. The summed E-state index contributed by atoms with van der Waals surface area (Å²) in [6.45, 7) is 3.19. The molecule has 0 radical (unpaired) electrons. The van der Waals surface area contributed by atoms with Gasteiger partial charge in [-0.05, 0) is 12.8 Å². The number of thiazole rings is 1. The van der Waals surface area contributed by atoms with Crippen molar-refractivity contribution in [3.63, 3.8) is 0 Å². The number of carbonyl (C=O) groups is 1. The van der Waals surface area contributed by atoms with Gasteiger partial charge in [0.15, 0.2) is 10.9 Å². The van der Waals surface area contributed by atoms with Crippen molar-refractivity contribution in [2.24, 2.45) is 0 Å². The van der Waals surface area contributed by atoms with Crippen LogP contribution in [-0.4, -0.2) is 38.8 Å². The van der Waals surface area contributed by atoms with Crippen LogP contribution in [0.4, 0.5) is 10.9 Å². The van der Waals surface area contributed by atoms with Gasteiger partial charge in [-0.3, -0.25) is 9.78 Å². The summed E-state index contributed by atoms with van der Waals surface area (Å²) in [5.74, 6) is 1.25. The van der Waals surface area contributed by atoms with Crippen molar-refractivity contribution in [1.82, 2.24) is 19.9 Å². The Hall–Kier alpha value is -2.02. The number of anilines is 2. The molecule has 1 N–H and O–H groups in total. The zero-order valence-corrected chi connectivity index (χ0v) is 12.6. The van der Waals surface area contributed by atoms with Gasteiger partial charge in [-0.25, -0.2) is 9.97 Å². The molecule has 6 nitrogen and oxygen atoms in total. The lowest BCUT2D eigenvalue weighted by Gasteiger charge is -2.31. The standard InChI is InChI=1S/C14H17N5OS/c1-10(20)19-7-2-11(3-8-19)12-13(16-5-4-15-12)18-14-17-6-9-21-14/h4-6,9,11H,2-3,7-8H2,1H3,(H,16,17,18). The van der Waals surface area contributed by atoms with E-state index in [0.717, 1.165) is 42.6 Å². The Balaban J connectivity index is 1.75. The van der Waals surface area contributed by atoms with Crippen LogP contribution in [0.1, 0.15) is 31.4 Å². The minimum absolute atomic E-state index is 0.147. The Kier molecular flexibility index (Phi) is 4.10. The average Bonchev–Trinajstić information content (AvgIpc) is 3.01. The number of aromatic nitrogens is 3. The van der Waals surface area contributed by atoms with Gasteiger partial charge in [0.25, 0.3) is 0 Å². The summed E-state index contributed by atoms with van der Waals surface area (Å²) in [6, 6.07) is 0. The smallest absolute Gasteiger partial charge is 0.219 e. The first kappa shape index (κ1) is 13.9. The fourth-order valence-corrected chi connectivity index (χ4v) is 3.13. The first-order valence-electron chi connectivity index (χ1n) is 6.97. The van der Waals surface area contributed by atoms with E-state index in [2.05, 4.69) is 20.3 Å². The summed E-state index contributed by atoms with van der Waals surface area (Å²) in [5, 5.41) is 5.97. The van der Waals surface area contributed by atoms with Crippen molar-refractivity contribution in [2.45, 2.75) is 25.7 Å². The van der Waals surface area contributed by atoms with E-state index in [1.807, 2.05) is 10.3 Å². The zero-order chi connectivity index (χ0) is 14.7. The number of nitrogens with one attached hydrogen (secondary N) is 1. The molecule has 2 aromatic heterocycles. The van der Waals surface area contributed by atoms with Gasteiger partial charge in [0.1, 0.15) is 0 Å². The fraction of sp³-hybridized carbons (Fsp3) is 0.429. The Morgan fingerprint density at radius 3 is 2.67 bits per heavy atom. The van der Waals surface area contributed by atoms with Crippen molar-refractivity contribution >= 4 is 28.2 Å². The highest BCUT2D eigenvalue weighted by Gasteiger charge is 2.25. The Labute approximate surface area is 127 Å². The van der Waals surface area contributed by atoms with E-state index >= 15 is 0 Å². The number of amides is 1. The largest absolute Gasteiger partial charge is 0.343 e. The van der Waals surface area contributed by atoms with Gasteiger partial charge in [0.2, 0.25) is 5.91 Å². The van der Waals surface area contributed by atoms with E-state index in [1.54, 1.807) is 25.5 Å². The first-order chi connectivity index (χ1) is 10.2. The van der Waals surface area contributed by atoms with Crippen LogP contribution in [0.5, 0.6) is 0 Å². The predicted octanol–water partition coefficient (Wildman–Crippen LogP) is 2.40. The molecule has 21 heavy (non-hydrogen) atoms. The molecule has 1 fully saturated rings. The number of hydrogen-bond donors (Lipinski definition) is 1. The van der Waals surface area contributed by atoms with Crippen LogP contribution in [0.15, 0.2) is 24.0 Å². The summed E-state index contributed by atoms with van der Waals surface area (Å²) < 4.78 is 0. The molecule has 3 heterocycles. The highest BCUT2D eigenvalue weighted by Crippen LogP contribution is 2.31. The van der Waals surface area contributed by atoms with E-state index in [0.29, 0.717) is 5.92 Å². The van der Waals surface area contributed by atoms with E-state index in [-0.39, 0.29) is 5.91 Å². The van der Waals surface area contributed by atoms with Gasteiger partial charge >= 0.3 is 0 Å². The second-order valence-electron chi connectivity index (χ2n) is 5.03. The van der Waals surface area contributed by atoms with Gasteiger partial charge < -0.3 is 10.2 Å². The van der Waals surface area contributed by atoms with Crippen LogP contribution in [0, 0.1) is 0 Å². The second kappa shape index (κ2) is 6.17. The van der Waals surface area contributed by atoms with Crippen LogP contribution < -0.4 is 5.32 Å². The second-order valence-corrected chi connectivity index (χ2v) is 5.93. The number of likely N-dealkylation sites (tertiary alicyclic amines) is 1. The monoisotopic (exact) mass is 303 g/mol. The number of carbonyl (C=O) groups excluding carboxylic acids is 1. The molecule has 1 aliphatic heterocycles. The summed E-state index contributed by atoms with van der Waals surface area (Å²) in [6.07, 6.45) is 7.01. The van der Waals surface area contributed by atoms with Gasteiger partial charge in [-0.15, -0.1) is 11.3 Å². The molecule has 0 spiro atoms. The highest BCUT2D eigenvalue weighted by molar-refractivity contribution is 7.13. The maximum absolute atomic E-state index is 11.4. The van der Waals surface area contributed by atoms with Crippen molar-refractivity contribution < 1.29 is 4.79 Å². The first-order valence-corrected chi connectivity index (χ1v) is 7.85. The van der Waals surface area contributed by atoms with Gasteiger partial charge in [0, 0.05) is 49.9 Å². The molecule has 0 atom stereocenters. The van der Waals surface area contributed by atoms with Crippen LogP contribution in [0.3, 0.4) is 0 Å². The van der Waals surface area contributed by atoms with Crippen LogP contribution in [0.2, 0.25) is 0 Å². The van der Waals surface area contributed by atoms with Gasteiger partial charge in [-0.1, -0.05) is 0 Å². The van der Waals surface area contributed by atoms with E-state index < -0.39 is 0 Å². The van der Waals surface area contributed by atoms with Crippen LogP contribution >= 0.6 is 11.3 Å². The van der Waals surface area contributed by atoms with Crippen molar-refractivity contribution in [1.29, 1.82) is 0 Å². The molecular formula is C14H17N5OS. The molecule has 0 aliphatic carbocycles. The molecule has 0 aromatic carbocycles. The molecule has 7 heteroatoms. The molecule has 0 bridgehead atoms. The molecule has 110 valence electrons. The topological polar surface area (TPSA) is 71.0 Å². The Morgan fingerprint density at radius 2 is 2.00 bits per heavy atom. The molecule has 1 amide bonds. The third-order valence-corrected chi connectivity index (χ3v) is 4.40. The third kappa shape index (κ3) is 3.18. The normalized spacial score (nSPS) is 16.0. The van der Waals surface area contributed by atoms with Crippen molar-refractivity contribution in [2.75, 3.05) is 18.4 Å². The highest BCUT2D eigenvalue weighted by atomic mass is 32.1. The number of rotatable bonds is 3. The SMILES string of the molecule is CC(=O)N1CCC(c2nccnc2Nc2nccs2)CC1.